The number of nitrogens with one attached hydrogen (secondary N) is 1. The van der Waals surface area contributed by atoms with Crippen LogP contribution in [-0.4, -0.2) is 25.1 Å². The Morgan fingerprint density at radius 3 is 2.31 bits per heavy atom. The van der Waals surface area contributed by atoms with E-state index >= 15 is 0 Å². The average Bonchev–Trinajstić information content (AvgIpc) is 2.16. The zero-order valence-electron chi connectivity index (χ0n) is 9.27. The maximum atomic E-state index is 3.17. The number of rotatable bonds is 10. The summed E-state index contributed by atoms with van der Waals surface area (Å²) < 4.78 is 0. The maximum absolute atomic E-state index is 3.17. The van der Waals surface area contributed by atoms with E-state index in [9.17, 15) is 0 Å². The molecule has 2 heteroatoms. The summed E-state index contributed by atoms with van der Waals surface area (Å²) in [6.07, 6.45) is 8.52. The summed E-state index contributed by atoms with van der Waals surface area (Å²) in [5, 5.41) is 3.17. The zero-order chi connectivity index (χ0) is 9.78. The Morgan fingerprint density at radius 2 is 1.62 bits per heavy atom. The van der Waals surface area contributed by atoms with E-state index in [0.717, 1.165) is 6.54 Å². The Morgan fingerprint density at radius 1 is 0.923 bits per heavy atom. The average molecular weight is 203 g/mol. The van der Waals surface area contributed by atoms with Crippen LogP contribution < -0.4 is 5.32 Å². The molecule has 0 aliphatic heterocycles. The zero-order valence-corrected chi connectivity index (χ0v) is 10.1. The van der Waals surface area contributed by atoms with Crippen molar-refractivity contribution in [3.8, 4) is 0 Å². The molecular weight excluding hydrogens is 178 g/mol. The van der Waals surface area contributed by atoms with E-state index in [0.29, 0.717) is 0 Å². The van der Waals surface area contributed by atoms with E-state index in [1.54, 1.807) is 0 Å². The molecule has 0 saturated carbocycles. The summed E-state index contributed by atoms with van der Waals surface area (Å²) in [7, 11) is 2.02. The van der Waals surface area contributed by atoms with E-state index < -0.39 is 0 Å². The van der Waals surface area contributed by atoms with Crippen LogP contribution in [0.25, 0.3) is 0 Å². The standard InChI is InChI=1S/C11H25NS/c1-3-4-5-6-7-8-10-13-11-9-12-2/h12H,3-11H2,1-2H3. The van der Waals surface area contributed by atoms with Crippen LogP contribution in [0.2, 0.25) is 0 Å². The highest BCUT2D eigenvalue weighted by Gasteiger charge is 1.90. The van der Waals surface area contributed by atoms with Crippen molar-refractivity contribution >= 4 is 11.8 Å². The van der Waals surface area contributed by atoms with E-state index in [4.69, 9.17) is 0 Å². The minimum atomic E-state index is 1.15. The van der Waals surface area contributed by atoms with E-state index in [2.05, 4.69) is 24.0 Å². The van der Waals surface area contributed by atoms with Gasteiger partial charge in [-0.2, -0.15) is 11.8 Å². The molecule has 1 nitrogen and oxygen atoms in total. The van der Waals surface area contributed by atoms with Gasteiger partial charge in [-0.1, -0.05) is 39.0 Å². The summed E-state index contributed by atoms with van der Waals surface area (Å²) in [5.41, 5.74) is 0. The lowest BCUT2D eigenvalue weighted by Crippen LogP contribution is -2.09. The molecule has 0 spiro atoms. The quantitative estimate of drug-likeness (QED) is 0.547. The number of unbranched alkanes of at least 4 members (excludes halogenated alkanes) is 5. The van der Waals surface area contributed by atoms with Crippen molar-refractivity contribution in [2.45, 2.75) is 45.4 Å². The SMILES string of the molecule is CCCCCCCCSCCNC. The van der Waals surface area contributed by atoms with Gasteiger partial charge in [0.25, 0.3) is 0 Å². The number of thioether (sulfide) groups is 1. The van der Waals surface area contributed by atoms with Gasteiger partial charge in [-0.3, -0.25) is 0 Å². The molecule has 80 valence electrons. The van der Waals surface area contributed by atoms with E-state index in [-0.39, 0.29) is 0 Å². The first-order valence-corrected chi connectivity index (χ1v) is 6.79. The first-order valence-electron chi connectivity index (χ1n) is 5.64. The van der Waals surface area contributed by atoms with Gasteiger partial charge >= 0.3 is 0 Å². The van der Waals surface area contributed by atoms with Crippen LogP contribution in [0, 0.1) is 0 Å². The van der Waals surface area contributed by atoms with Crippen LogP contribution in [0.3, 0.4) is 0 Å². The molecule has 0 aromatic carbocycles. The van der Waals surface area contributed by atoms with E-state index in [1.165, 1.54) is 50.0 Å². The highest BCUT2D eigenvalue weighted by atomic mass is 32.2. The second kappa shape index (κ2) is 12.3. The molecule has 0 aliphatic carbocycles. The number of hydrogen-bond donors (Lipinski definition) is 1. The molecule has 0 unspecified atom stereocenters. The van der Waals surface area contributed by atoms with Crippen LogP contribution in [-0.2, 0) is 0 Å². The van der Waals surface area contributed by atoms with Gasteiger partial charge in [-0.05, 0) is 19.2 Å². The molecule has 1 N–H and O–H groups in total. The third kappa shape index (κ3) is 12.3. The van der Waals surface area contributed by atoms with Gasteiger partial charge in [0.15, 0.2) is 0 Å². The molecule has 0 bridgehead atoms. The minimum absolute atomic E-state index is 1.15. The third-order valence-electron chi connectivity index (χ3n) is 2.14. The minimum Gasteiger partial charge on any atom is -0.319 e. The predicted molar refractivity (Wildman–Crippen MR) is 64.6 cm³/mol. The Hall–Kier alpha value is 0.310. The molecule has 0 aromatic rings. The molecular formula is C11H25NS. The lowest BCUT2D eigenvalue weighted by Gasteiger charge is -2.01. The van der Waals surface area contributed by atoms with Gasteiger partial charge < -0.3 is 5.32 Å². The molecule has 0 fully saturated rings. The van der Waals surface area contributed by atoms with Gasteiger partial charge in [0, 0.05) is 12.3 Å². The summed E-state index contributed by atoms with van der Waals surface area (Å²) in [6, 6.07) is 0. The molecule has 13 heavy (non-hydrogen) atoms. The summed E-state index contributed by atoms with van der Waals surface area (Å²) in [5.74, 6) is 2.62. The Labute approximate surface area is 88.1 Å². The van der Waals surface area contributed by atoms with Gasteiger partial charge in [-0.15, -0.1) is 0 Å². The second-order valence-corrected chi connectivity index (χ2v) is 4.71. The Kier molecular flexibility index (Phi) is 12.6. The fourth-order valence-electron chi connectivity index (χ4n) is 1.26. The van der Waals surface area contributed by atoms with Crippen LogP contribution in [0.4, 0.5) is 0 Å². The second-order valence-electron chi connectivity index (χ2n) is 3.48. The maximum Gasteiger partial charge on any atom is 0.00579 e. The Bertz CT molecular complexity index is 76.2. The molecule has 0 rings (SSSR count). The summed E-state index contributed by atoms with van der Waals surface area (Å²) in [6.45, 7) is 3.42. The third-order valence-corrected chi connectivity index (χ3v) is 3.21. The molecule has 0 aliphatic rings. The topological polar surface area (TPSA) is 12.0 Å². The largest absolute Gasteiger partial charge is 0.319 e. The number of hydrogen-bond acceptors (Lipinski definition) is 2. The smallest absolute Gasteiger partial charge is 0.00579 e. The van der Waals surface area contributed by atoms with Crippen LogP contribution >= 0.6 is 11.8 Å². The molecule has 0 amide bonds. The fraction of sp³-hybridized carbons (Fsp3) is 1.00. The van der Waals surface area contributed by atoms with E-state index in [1.807, 2.05) is 7.05 Å². The van der Waals surface area contributed by atoms with Gasteiger partial charge in [0.05, 0.1) is 0 Å². The molecule has 0 aromatic heterocycles. The normalized spacial score (nSPS) is 10.6. The van der Waals surface area contributed by atoms with Gasteiger partial charge in [0.2, 0.25) is 0 Å². The molecule has 0 saturated heterocycles. The van der Waals surface area contributed by atoms with Gasteiger partial charge in [-0.25, -0.2) is 0 Å². The summed E-state index contributed by atoms with van der Waals surface area (Å²) in [4.78, 5) is 0. The van der Waals surface area contributed by atoms with Crippen LogP contribution in [0.1, 0.15) is 45.4 Å². The lowest BCUT2D eigenvalue weighted by molar-refractivity contribution is 0.627. The fourth-order valence-corrected chi connectivity index (χ4v) is 2.22. The lowest BCUT2D eigenvalue weighted by atomic mass is 10.1. The highest BCUT2D eigenvalue weighted by Crippen LogP contribution is 2.08. The van der Waals surface area contributed by atoms with Crippen molar-refractivity contribution in [3.05, 3.63) is 0 Å². The van der Waals surface area contributed by atoms with Crippen molar-refractivity contribution in [3.63, 3.8) is 0 Å². The molecule has 0 atom stereocenters. The van der Waals surface area contributed by atoms with Gasteiger partial charge in [0.1, 0.15) is 0 Å². The summed E-state index contributed by atoms with van der Waals surface area (Å²) >= 11 is 2.08. The van der Waals surface area contributed by atoms with Crippen LogP contribution in [0.15, 0.2) is 0 Å². The molecule has 0 radical (unpaired) electrons. The molecule has 0 heterocycles. The predicted octanol–water partition coefficient (Wildman–Crippen LogP) is 3.30. The van der Waals surface area contributed by atoms with Crippen molar-refractivity contribution in [1.29, 1.82) is 0 Å². The van der Waals surface area contributed by atoms with Crippen molar-refractivity contribution in [2.24, 2.45) is 0 Å². The van der Waals surface area contributed by atoms with Crippen molar-refractivity contribution < 1.29 is 0 Å². The van der Waals surface area contributed by atoms with Crippen molar-refractivity contribution in [2.75, 3.05) is 25.1 Å². The van der Waals surface area contributed by atoms with Crippen LogP contribution in [0.5, 0.6) is 0 Å². The monoisotopic (exact) mass is 203 g/mol. The van der Waals surface area contributed by atoms with Crippen molar-refractivity contribution in [1.82, 2.24) is 5.32 Å². The first kappa shape index (κ1) is 13.3. The highest BCUT2D eigenvalue weighted by molar-refractivity contribution is 7.99. The first-order chi connectivity index (χ1) is 6.41. The Balaban J connectivity index is 2.76.